The Balaban J connectivity index is 1.62. The third kappa shape index (κ3) is 5.40. The summed E-state index contributed by atoms with van der Waals surface area (Å²) in [4.78, 5) is 14.1. The normalized spacial score (nSPS) is 36.6. The van der Waals surface area contributed by atoms with E-state index in [4.69, 9.17) is 4.74 Å². The van der Waals surface area contributed by atoms with E-state index in [2.05, 4.69) is 77.4 Å². The fourth-order valence-electron chi connectivity index (χ4n) is 7.89. The van der Waals surface area contributed by atoms with Gasteiger partial charge in [-0.15, -0.1) is 0 Å². The predicted molar refractivity (Wildman–Crippen MR) is 152 cm³/mol. The molecule has 0 aromatic heterocycles. The Labute approximate surface area is 226 Å². The van der Waals surface area contributed by atoms with Crippen LogP contribution < -0.4 is 10.7 Å². The number of carbonyl (C=O) groups excluding carboxylic acids is 1. The molecule has 208 valence electrons. The lowest BCUT2D eigenvalue weighted by Crippen LogP contribution is -2.51. The van der Waals surface area contributed by atoms with Crippen molar-refractivity contribution in [2.45, 2.75) is 112 Å². The van der Waals surface area contributed by atoms with Crippen LogP contribution in [0.3, 0.4) is 0 Å². The number of carbonyl (C=O) groups is 1. The molecule has 6 unspecified atom stereocenters. The van der Waals surface area contributed by atoms with Crippen molar-refractivity contribution in [1.29, 1.82) is 0 Å². The zero-order valence-corrected chi connectivity index (χ0v) is 24.8. The van der Waals surface area contributed by atoms with Gasteiger partial charge >= 0.3 is 5.97 Å². The maximum atomic E-state index is 14.1. The molecular formula is C32H53N3O2. The second-order valence-electron chi connectivity index (χ2n) is 13.2. The number of hydrazine groups is 1. The topological polar surface area (TPSA) is 53.6 Å². The molecular weight excluding hydrogens is 458 g/mol. The number of rotatable bonds is 10. The molecule has 3 saturated carbocycles. The summed E-state index contributed by atoms with van der Waals surface area (Å²) in [5.41, 5.74) is 6.12. The zero-order valence-electron chi connectivity index (χ0n) is 24.8. The quantitative estimate of drug-likeness (QED) is 0.251. The maximum Gasteiger partial charge on any atom is 0.338 e. The summed E-state index contributed by atoms with van der Waals surface area (Å²) in [6, 6.07) is 0.128. The second-order valence-corrected chi connectivity index (χ2v) is 13.2. The number of allylic oxidation sites excluding steroid dienone is 2. The fourth-order valence-corrected chi connectivity index (χ4v) is 7.89. The van der Waals surface area contributed by atoms with Crippen molar-refractivity contribution in [2.24, 2.45) is 34.5 Å². The number of esters is 1. The first kappa shape index (κ1) is 28.3. The van der Waals surface area contributed by atoms with Crippen molar-refractivity contribution >= 4 is 5.97 Å². The molecule has 1 aliphatic heterocycles. The number of hydrogen-bond donors (Lipinski definition) is 2. The largest absolute Gasteiger partial charge is 0.458 e. The monoisotopic (exact) mass is 511 g/mol. The first-order chi connectivity index (χ1) is 17.6. The van der Waals surface area contributed by atoms with Crippen LogP contribution in [0.5, 0.6) is 0 Å². The molecule has 2 bridgehead atoms. The van der Waals surface area contributed by atoms with Gasteiger partial charge in [0, 0.05) is 24.9 Å². The number of hydrogen-bond acceptors (Lipinski definition) is 5. The summed E-state index contributed by atoms with van der Waals surface area (Å²) in [7, 11) is 2.02. The lowest BCUT2D eigenvalue weighted by Gasteiger charge is -2.47. The van der Waals surface area contributed by atoms with E-state index in [9.17, 15) is 4.79 Å². The van der Waals surface area contributed by atoms with Gasteiger partial charge in [0.1, 0.15) is 11.9 Å². The molecule has 1 heterocycles. The van der Waals surface area contributed by atoms with Crippen LogP contribution in [0.15, 0.2) is 35.2 Å². The van der Waals surface area contributed by atoms with E-state index in [0.29, 0.717) is 17.3 Å². The molecule has 3 aliphatic carbocycles. The van der Waals surface area contributed by atoms with E-state index in [0.717, 1.165) is 43.1 Å². The van der Waals surface area contributed by atoms with Crippen LogP contribution in [-0.2, 0) is 9.53 Å². The van der Waals surface area contributed by atoms with Crippen molar-refractivity contribution in [3.8, 4) is 0 Å². The van der Waals surface area contributed by atoms with E-state index in [-0.39, 0.29) is 29.4 Å². The Morgan fingerprint density at radius 1 is 1.32 bits per heavy atom. The van der Waals surface area contributed by atoms with Gasteiger partial charge in [0.25, 0.3) is 0 Å². The number of nitrogens with one attached hydrogen (secondary N) is 2. The SMILES string of the molecule is C/C=C(\C=C/CC)C(CC(C)C)NC1=C(C(=O)OC2CC(CC)C3CC[C@]4(C)CC24C3)C(C)CNN1C. The summed E-state index contributed by atoms with van der Waals surface area (Å²) >= 11 is 0. The molecule has 37 heavy (non-hydrogen) atoms. The summed E-state index contributed by atoms with van der Waals surface area (Å²) in [6.07, 6.45) is 16.1. The minimum atomic E-state index is -0.106. The molecule has 7 atom stereocenters. The van der Waals surface area contributed by atoms with Gasteiger partial charge in [-0.1, -0.05) is 66.2 Å². The third-order valence-electron chi connectivity index (χ3n) is 10.3. The van der Waals surface area contributed by atoms with E-state index in [1.807, 2.05) is 12.1 Å². The smallest absolute Gasteiger partial charge is 0.338 e. The Morgan fingerprint density at radius 3 is 2.73 bits per heavy atom. The molecule has 0 radical (unpaired) electrons. The van der Waals surface area contributed by atoms with Crippen LogP contribution in [-0.4, -0.2) is 36.7 Å². The van der Waals surface area contributed by atoms with Crippen LogP contribution in [0.25, 0.3) is 0 Å². The van der Waals surface area contributed by atoms with Crippen molar-refractivity contribution < 1.29 is 9.53 Å². The summed E-state index contributed by atoms with van der Waals surface area (Å²) in [6.45, 7) is 16.4. The fraction of sp³-hybridized carbons (Fsp3) is 0.781. The molecule has 0 amide bonds. The minimum Gasteiger partial charge on any atom is -0.458 e. The highest BCUT2D eigenvalue weighted by atomic mass is 16.5. The van der Waals surface area contributed by atoms with E-state index >= 15 is 0 Å². The molecule has 4 aliphatic rings. The highest BCUT2D eigenvalue weighted by Crippen LogP contribution is 2.77. The molecule has 1 spiro atoms. The lowest BCUT2D eigenvalue weighted by molar-refractivity contribution is -0.158. The molecule has 0 aromatic carbocycles. The van der Waals surface area contributed by atoms with Crippen molar-refractivity contribution in [2.75, 3.05) is 13.6 Å². The minimum absolute atomic E-state index is 0.0534. The molecule has 0 aromatic rings. The average molecular weight is 512 g/mol. The van der Waals surface area contributed by atoms with Crippen LogP contribution in [0, 0.1) is 34.5 Å². The van der Waals surface area contributed by atoms with Crippen molar-refractivity contribution in [3.05, 3.63) is 35.2 Å². The van der Waals surface area contributed by atoms with Gasteiger partial charge in [-0.05, 0) is 80.6 Å². The van der Waals surface area contributed by atoms with Gasteiger partial charge in [0.05, 0.1) is 11.6 Å². The maximum absolute atomic E-state index is 14.1. The van der Waals surface area contributed by atoms with Gasteiger partial charge in [-0.25, -0.2) is 10.2 Å². The molecule has 4 rings (SSSR count). The zero-order chi connectivity index (χ0) is 27.0. The van der Waals surface area contributed by atoms with Crippen LogP contribution in [0.1, 0.15) is 99.8 Å². The van der Waals surface area contributed by atoms with Gasteiger partial charge in [0.15, 0.2) is 0 Å². The van der Waals surface area contributed by atoms with Crippen LogP contribution in [0.4, 0.5) is 0 Å². The number of nitrogens with zero attached hydrogens (tertiary/aromatic N) is 1. The Morgan fingerprint density at radius 2 is 2.08 bits per heavy atom. The van der Waals surface area contributed by atoms with Crippen molar-refractivity contribution in [1.82, 2.24) is 15.8 Å². The van der Waals surface area contributed by atoms with Gasteiger partial charge in [-0.3, -0.25) is 5.01 Å². The predicted octanol–water partition coefficient (Wildman–Crippen LogP) is 6.74. The van der Waals surface area contributed by atoms with E-state index < -0.39 is 0 Å². The summed E-state index contributed by atoms with van der Waals surface area (Å²) < 4.78 is 6.60. The third-order valence-corrected chi connectivity index (χ3v) is 10.3. The standard InChI is InChI=1S/C32H53N3O2/c1-9-12-13-23(10-2)26(16-21(4)5)34-29-28(22(6)19-33-35(29)8)30(36)37-27-17-24(11-3)25-14-15-31(7)20-32(27,31)18-25/h10,12-13,21-22,24-27,33-34H,9,11,14-20H2,1-8H3/b13-12-,23-10+/t22?,24?,25?,26?,27?,31-,32?/m1/s1. The average Bonchev–Trinajstić information content (AvgIpc) is 3.48. The molecule has 3 fully saturated rings. The number of ether oxygens (including phenoxy) is 1. The lowest BCUT2D eigenvalue weighted by atomic mass is 9.61. The highest BCUT2D eigenvalue weighted by molar-refractivity contribution is 5.90. The second kappa shape index (κ2) is 11.2. The van der Waals surface area contributed by atoms with Crippen molar-refractivity contribution in [3.63, 3.8) is 0 Å². The first-order valence-electron chi connectivity index (χ1n) is 15.1. The van der Waals surface area contributed by atoms with Gasteiger partial charge < -0.3 is 10.1 Å². The summed E-state index contributed by atoms with van der Waals surface area (Å²) in [5.74, 6) is 2.88. The summed E-state index contributed by atoms with van der Waals surface area (Å²) in [5, 5.41) is 5.82. The molecule has 0 saturated heterocycles. The Bertz CT molecular complexity index is 936. The Kier molecular flexibility index (Phi) is 8.52. The van der Waals surface area contributed by atoms with Crippen LogP contribution in [0.2, 0.25) is 0 Å². The van der Waals surface area contributed by atoms with Crippen LogP contribution >= 0.6 is 0 Å². The highest BCUT2D eigenvalue weighted by Gasteiger charge is 2.72. The van der Waals surface area contributed by atoms with Gasteiger partial charge in [0.2, 0.25) is 0 Å². The van der Waals surface area contributed by atoms with E-state index in [1.165, 1.54) is 37.7 Å². The van der Waals surface area contributed by atoms with Gasteiger partial charge in [-0.2, -0.15) is 0 Å². The van der Waals surface area contributed by atoms with E-state index in [1.54, 1.807) is 0 Å². The molecule has 5 heteroatoms. The molecule has 2 N–H and O–H groups in total. The Hall–Kier alpha value is -1.75. The first-order valence-corrected chi connectivity index (χ1v) is 15.1. The molecule has 5 nitrogen and oxygen atoms in total. The number of fused-ring (bicyclic) bond motifs is 1.